The van der Waals surface area contributed by atoms with Crippen LogP contribution in [0.4, 0.5) is 0 Å². The van der Waals surface area contributed by atoms with Gasteiger partial charge in [-0.2, -0.15) is 0 Å². The Kier molecular flexibility index (Phi) is 4.78. The Morgan fingerprint density at radius 2 is 1.91 bits per heavy atom. The van der Waals surface area contributed by atoms with Crippen LogP contribution in [0.15, 0.2) is 33.3 Å². The van der Waals surface area contributed by atoms with Gasteiger partial charge in [0.05, 0.1) is 5.03 Å². The molecule has 0 rings (SSSR count). The molecule has 0 spiro atoms. The Morgan fingerprint density at radius 1 is 1.45 bits per heavy atom. The summed E-state index contributed by atoms with van der Waals surface area (Å²) in [7, 11) is 0. The summed E-state index contributed by atoms with van der Waals surface area (Å²) in [6.45, 7) is 9.59. The topological polar surface area (TPSA) is 0 Å². The van der Waals surface area contributed by atoms with Crippen molar-refractivity contribution < 1.29 is 0 Å². The van der Waals surface area contributed by atoms with Gasteiger partial charge in [0.25, 0.3) is 0 Å². The van der Waals surface area contributed by atoms with E-state index >= 15 is 0 Å². The number of halogens is 2. The lowest BCUT2D eigenvalue weighted by Crippen LogP contribution is -1.81. The van der Waals surface area contributed by atoms with Gasteiger partial charge in [-0.1, -0.05) is 24.3 Å². The molecule has 62 valence electrons. The third-order valence-electron chi connectivity index (χ3n) is 1.35. The quantitative estimate of drug-likeness (QED) is 0.623. The fourth-order valence-corrected chi connectivity index (χ4v) is 1.20. The van der Waals surface area contributed by atoms with Crippen LogP contribution in [-0.4, -0.2) is 0 Å². The number of allylic oxidation sites excluding steroid dienone is 5. The molecule has 0 aliphatic heterocycles. The highest BCUT2D eigenvalue weighted by Crippen LogP contribution is 2.27. The van der Waals surface area contributed by atoms with E-state index in [1.165, 1.54) is 0 Å². The van der Waals surface area contributed by atoms with Crippen molar-refractivity contribution in [2.24, 2.45) is 0 Å². The van der Waals surface area contributed by atoms with Crippen LogP contribution in [0.3, 0.4) is 0 Å². The van der Waals surface area contributed by atoms with E-state index < -0.39 is 0 Å². The van der Waals surface area contributed by atoms with E-state index in [2.05, 4.69) is 22.5 Å². The first-order valence-electron chi connectivity index (χ1n) is 3.35. The molecule has 0 aliphatic carbocycles. The Balaban J connectivity index is 4.81. The maximum atomic E-state index is 5.93. The first-order valence-corrected chi connectivity index (χ1v) is 4.52. The molecule has 0 saturated carbocycles. The highest BCUT2D eigenvalue weighted by molar-refractivity contribution is 9.12. The lowest BCUT2D eigenvalue weighted by molar-refractivity contribution is 1.42. The minimum atomic E-state index is 0.695. The van der Waals surface area contributed by atoms with Crippen molar-refractivity contribution in [3.05, 3.63) is 33.3 Å². The molecule has 0 aromatic rings. The maximum absolute atomic E-state index is 5.93. The van der Waals surface area contributed by atoms with Crippen LogP contribution >= 0.6 is 27.5 Å². The van der Waals surface area contributed by atoms with Crippen molar-refractivity contribution in [2.75, 3.05) is 0 Å². The third kappa shape index (κ3) is 3.26. The van der Waals surface area contributed by atoms with Gasteiger partial charge in [0, 0.05) is 4.48 Å². The Labute approximate surface area is 81.8 Å². The molecule has 0 heterocycles. The van der Waals surface area contributed by atoms with Gasteiger partial charge in [-0.05, 0) is 47.8 Å². The normalized spacial score (nSPS) is 14.5. The zero-order valence-corrected chi connectivity index (χ0v) is 9.38. The molecule has 0 aromatic carbocycles. The van der Waals surface area contributed by atoms with Gasteiger partial charge in [-0.15, -0.1) is 0 Å². The van der Waals surface area contributed by atoms with E-state index in [4.69, 9.17) is 11.6 Å². The Bertz CT molecular complexity index is 224. The Hall–Kier alpha value is -0.0100. The predicted octanol–water partition coefficient (Wildman–Crippen LogP) is 4.37. The van der Waals surface area contributed by atoms with Gasteiger partial charge in [0.15, 0.2) is 0 Å². The standard InChI is InChI=1S/C9H12BrCl/c1-5-7(4)8(10)9(11)6(2)3/h5H,2H2,1,3-4H3. The second-order valence-corrected chi connectivity index (χ2v) is 3.55. The van der Waals surface area contributed by atoms with Gasteiger partial charge in [-0.25, -0.2) is 0 Å². The highest BCUT2D eigenvalue weighted by atomic mass is 79.9. The van der Waals surface area contributed by atoms with Crippen LogP contribution in [0.2, 0.25) is 0 Å². The molecular weight excluding hydrogens is 223 g/mol. The van der Waals surface area contributed by atoms with Crippen molar-refractivity contribution >= 4 is 27.5 Å². The fraction of sp³-hybridized carbons (Fsp3) is 0.333. The molecule has 0 bridgehead atoms. The van der Waals surface area contributed by atoms with Crippen molar-refractivity contribution in [1.82, 2.24) is 0 Å². The van der Waals surface area contributed by atoms with Crippen LogP contribution in [0, 0.1) is 0 Å². The third-order valence-corrected chi connectivity index (χ3v) is 3.11. The monoisotopic (exact) mass is 234 g/mol. The first-order chi connectivity index (χ1) is 5.00. The van der Waals surface area contributed by atoms with Crippen LogP contribution in [0.5, 0.6) is 0 Å². The summed E-state index contributed by atoms with van der Waals surface area (Å²) < 4.78 is 0.925. The van der Waals surface area contributed by atoms with Gasteiger partial charge >= 0.3 is 0 Å². The van der Waals surface area contributed by atoms with Gasteiger partial charge in [0.1, 0.15) is 0 Å². The minimum Gasteiger partial charge on any atom is -0.0946 e. The molecule has 0 atom stereocenters. The smallest absolute Gasteiger partial charge is 0.0573 e. The van der Waals surface area contributed by atoms with E-state index in [1.807, 2.05) is 26.8 Å². The summed E-state index contributed by atoms with van der Waals surface area (Å²) in [5.74, 6) is 0. The molecule has 0 unspecified atom stereocenters. The summed E-state index contributed by atoms with van der Waals surface area (Å²) in [5.41, 5.74) is 2.00. The number of hydrogen-bond donors (Lipinski definition) is 0. The van der Waals surface area contributed by atoms with E-state index in [9.17, 15) is 0 Å². The molecule has 11 heavy (non-hydrogen) atoms. The molecule has 0 aromatic heterocycles. The van der Waals surface area contributed by atoms with Crippen molar-refractivity contribution in [2.45, 2.75) is 20.8 Å². The molecule has 0 aliphatic rings. The Morgan fingerprint density at radius 3 is 2.18 bits per heavy atom. The van der Waals surface area contributed by atoms with Gasteiger partial charge < -0.3 is 0 Å². The summed E-state index contributed by atoms with van der Waals surface area (Å²) >= 11 is 9.32. The molecule has 0 fully saturated rings. The van der Waals surface area contributed by atoms with E-state index in [0.29, 0.717) is 5.03 Å². The van der Waals surface area contributed by atoms with Crippen LogP contribution < -0.4 is 0 Å². The summed E-state index contributed by atoms with van der Waals surface area (Å²) in [5, 5.41) is 0.695. The summed E-state index contributed by atoms with van der Waals surface area (Å²) in [6, 6.07) is 0. The molecule has 0 nitrogen and oxygen atoms in total. The molecule has 0 N–H and O–H groups in total. The van der Waals surface area contributed by atoms with Crippen molar-refractivity contribution in [3.8, 4) is 0 Å². The second kappa shape index (κ2) is 4.78. The average Bonchev–Trinajstić information content (AvgIpc) is 2.00. The van der Waals surface area contributed by atoms with Crippen LogP contribution in [-0.2, 0) is 0 Å². The van der Waals surface area contributed by atoms with E-state index in [0.717, 1.165) is 15.6 Å². The first kappa shape index (κ1) is 11.0. The number of hydrogen-bond acceptors (Lipinski definition) is 0. The number of rotatable bonds is 2. The highest BCUT2D eigenvalue weighted by Gasteiger charge is 2.02. The minimum absolute atomic E-state index is 0.695. The average molecular weight is 236 g/mol. The molecule has 2 heteroatoms. The lowest BCUT2D eigenvalue weighted by atomic mass is 10.2. The van der Waals surface area contributed by atoms with Crippen LogP contribution in [0.1, 0.15) is 20.8 Å². The zero-order valence-electron chi connectivity index (χ0n) is 7.04. The van der Waals surface area contributed by atoms with Gasteiger partial charge in [-0.3, -0.25) is 0 Å². The summed E-state index contributed by atoms with van der Waals surface area (Å²) in [4.78, 5) is 0. The molecule has 0 amide bonds. The molecule has 0 saturated heterocycles. The van der Waals surface area contributed by atoms with E-state index in [-0.39, 0.29) is 0 Å². The largest absolute Gasteiger partial charge is 0.0946 e. The fourth-order valence-electron chi connectivity index (χ4n) is 0.487. The zero-order chi connectivity index (χ0) is 9.02. The lowest BCUT2D eigenvalue weighted by Gasteiger charge is -2.02. The van der Waals surface area contributed by atoms with Crippen LogP contribution in [0.25, 0.3) is 0 Å². The second-order valence-electron chi connectivity index (χ2n) is 2.38. The van der Waals surface area contributed by atoms with Crippen molar-refractivity contribution in [3.63, 3.8) is 0 Å². The molecule has 0 radical (unpaired) electrons. The van der Waals surface area contributed by atoms with Gasteiger partial charge in [0.2, 0.25) is 0 Å². The van der Waals surface area contributed by atoms with Crippen molar-refractivity contribution in [1.29, 1.82) is 0 Å². The predicted molar refractivity (Wildman–Crippen MR) is 56.1 cm³/mol. The maximum Gasteiger partial charge on any atom is 0.0573 e. The summed E-state index contributed by atoms with van der Waals surface area (Å²) in [6.07, 6.45) is 2.00. The van der Waals surface area contributed by atoms with E-state index in [1.54, 1.807) is 0 Å². The molecular formula is C9H12BrCl. The SMILES string of the molecule is C=C(C)C(Cl)=C(Br)C(C)=CC.